The van der Waals surface area contributed by atoms with Gasteiger partial charge in [0.25, 0.3) is 11.8 Å². The van der Waals surface area contributed by atoms with Crippen LogP contribution in [0.3, 0.4) is 0 Å². The molecule has 0 aromatic heterocycles. The third kappa shape index (κ3) is 4.81. The predicted octanol–water partition coefficient (Wildman–Crippen LogP) is 3.51. The average Bonchev–Trinajstić information content (AvgIpc) is 3.16. The maximum Gasteiger partial charge on any atom is 0.262 e. The Morgan fingerprint density at radius 2 is 1.33 bits per heavy atom. The van der Waals surface area contributed by atoms with Crippen molar-refractivity contribution in [1.29, 1.82) is 0 Å². The molecule has 7 nitrogen and oxygen atoms in total. The van der Waals surface area contributed by atoms with Crippen molar-refractivity contribution in [2.24, 2.45) is 0 Å². The van der Waals surface area contributed by atoms with Crippen LogP contribution in [0.4, 0.5) is 4.39 Å². The highest BCUT2D eigenvalue weighted by Gasteiger charge is 2.54. The molecular formula is C28H26FNO6. The number of carbonyl (C=O) groups is 2. The number of amides is 2. The third-order valence-corrected chi connectivity index (χ3v) is 6.43. The molecule has 3 aromatic carbocycles. The standard InChI is InChI=1S/C28H26FNO6/c29-26-23(30-27(32)20-13-7-8-14-21(20)28(30)33)25(35-16-19-11-5-2-6-12-19)24(31)22(36-26)17-34-15-18-9-3-1-4-10-18/h1-14,22-26,31H,15-17H2/t22-,23-,24-,25-,26-/m1/s1. The third-order valence-electron chi connectivity index (χ3n) is 6.43. The van der Waals surface area contributed by atoms with E-state index in [-0.39, 0.29) is 30.9 Å². The van der Waals surface area contributed by atoms with Crippen molar-refractivity contribution in [3.8, 4) is 0 Å². The molecule has 0 spiro atoms. The summed E-state index contributed by atoms with van der Waals surface area (Å²) in [6.07, 6.45) is -5.73. The predicted molar refractivity (Wildman–Crippen MR) is 128 cm³/mol. The van der Waals surface area contributed by atoms with Crippen LogP contribution in [0, 0.1) is 0 Å². The number of hydrogen-bond donors (Lipinski definition) is 1. The van der Waals surface area contributed by atoms with E-state index in [1.807, 2.05) is 60.7 Å². The fraction of sp³-hybridized carbons (Fsp3) is 0.286. The molecule has 1 fully saturated rings. The molecule has 0 unspecified atom stereocenters. The van der Waals surface area contributed by atoms with Crippen LogP contribution in [0.25, 0.3) is 0 Å². The van der Waals surface area contributed by atoms with E-state index in [1.165, 1.54) is 12.1 Å². The number of carbonyl (C=O) groups excluding carboxylic acids is 2. The van der Waals surface area contributed by atoms with Crippen molar-refractivity contribution in [3.05, 3.63) is 107 Å². The number of aliphatic hydroxyl groups is 1. The second-order valence-corrected chi connectivity index (χ2v) is 8.79. The summed E-state index contributed by atoms with van der Waals surface area (Å²) in [5.74, 6) is -1.29. The van der Waals surface area contributed by atoms with Gasteiger partial charge in [0.05, 0.1) is 30.9 Å². The molecule has 3 aromatic rings. The van der Waals surface area contributed by atoms with E-state index < -0.39 is 42.5 Å². The second kappa shape index (κ2) is 10.7. The van der Waals surface area contributed by atoms with Gasteiger partial charge in [-0.2, -0.15) is 0 Å². The SMILES string of the molecule is O=C1c2ccccc2C(=O)N1[C@@H]1[C@@H](OCc2ccccc2)[C@H](O)[C@@H](COCc2ccccc2)O[C@H]1F. The number of rotatable bonds is 8. The number of ether oxygens (including phenoxy) is 3. The Bertz CT molecular complexity index is 1170. The Kier molecular flexibility index (Phi) is 7.20. The summed E-state index contributed by atoms with van der Waals surface area (Å²) in [7, 11) is 0. The van der Waals surface area contributed by atoms with E-state index in [0.717, 1.165) is 16.0 Å². The summed E-state index contributed by atoms with van der Waals surface area (Å²) in [6.45, 7) is 0.199. The number of benzene rings is 3. The highest BCUT2D eigenvalue weighted by molar-refractivity contribution is 6.21. The summed E-state index contributed by atoms with van der Waals surface area (Å²) >= 11 is 0. The van der Waals surface area contributed by atoms with Crippen LogP contribution in [-0.2, 0) is 27.4 Å². The van der Waals surface area contributed by atoms with Crippen molar-refractivity contribution in [1.82, 2.24) is 4.90 Å². The Balaban J connectivity index is 1.37. The van der Waals surface area contributed by atoms with Gasteiger partial charge in [0.2, 0.25) is 6.36 Å². The van der Waals surface area contributed by atoms with Crippen LogP contribution in [0.1, 0.15) is 31.8 Å². The van der Waals surface area contributed by atoms with Gasteiger partial charge >= 0.3 is 0 Å². The lowest BCUT2D eigenvalue weighted by Crippen LogP contribution is -2.65. The minimum absolute atomic E-state index is 0.0482. The zero-order chi connectivity index (χ0) is 25.1. The number of halogens is 1. The maximum atomic E-state index is 15.6. The van der Waals surface area contributed by atoms with E-state index in [9.17, 15) is 14.7 Å². The molecule has 1 N–H and O–H groups in total. The Hall–Kier alpha value is -3.43. The number of imide groups is 1. The Morgan fingerprint density at radius 1 is 0.806 bits per heavy atom. The first-order valence-corrected chi connectivity index (χ1v) is 11.8. The molecule has 2 heterocycles. The second-order valence-electron chi connectivity index (χ2n) is 8.79. The molecule has 8 heteroatoms. The molecule has 2 amide bonds. The van der Waals surface area contributed by atoms with Crippen molar-refractivity contribution in [3.63, 3.8) is 0 Å². The summed E-state index contributed by atoms with van der Waals surface area (Å²) < 4.78 is 32.8. The first-order chi connectivity index (χ1) is 17.5. The molecule has 0 bridgehead atoms. The summed E-state index contributed by atoms with van der Waals surface area (Å²) in [4.78, 5) is 27.0. The maximum absolute atomic E-state index is 15.6. The molecule has 5 rings (SSSR count). The first-order valence-electron chi connectivity index (χ1n) is 11.8. The molecule has 2 aliphatic rings. The van der Waals surface area contributed by atoms with Gasteiger partial charge < -0.3 is 19.3 Å². The van der Waals surface area contributed by atoms with E-state index >= 15 is 4.39 Å². The monoisotopic (exact) mass is 491 g/mol. The lowest BCUT2D eigenvalue weighted by atomic mass is 9.95. The van der Waals surface area contributed by atoms with Gasteiger partial charge in [0.1, 0.15) is 24.4 Å². The number of aliphatic hydroxyl groups excluding tert-OH is 1. The van der Waals surface area contributed by atoms with Gasteiger partial charge in [-0.25, -0.2) is 4.39 Å². The van der Waals surface area contributed by atoms with Crippen LogP contribution >= 0.6 is 0 Å². The normalized spacial score (nSPS) is 25.7. The molecule has 186 valence electrons. The highest BCUT2D eigenvalue weighted by atomic mass is 19.1. The van der Waals surface area contributed by atoms with Gasteiger partial charge in [-0.1, -0.05) is 72.8 Å². The minimum Gasteiger partial charge on any atom is -0.388 e. The van der Waals surface area contributed by atoms with Crippen molar-refractivity contribution < 1.29 is 33.3 Å². The topological polar surface area (TPSA) is 85.3 Å². The number of hydrogen-bond acceptors (Lipinski definition) is 6. The molecule has 36 heavy (non-hydrogen) atoms. The van der Waals surface area contributed by atoms with Crippen molar-refractivity contribution in [2.75, 3.05) is 6.61 Å². The molecule has 0 saturated carbocycles. The Morgan fingerprint density at radius 3 is 1.92 bits per heavy atom. The zero-order valence-electron chi connectivity index (χ0n) is 19.4. The molecule has 0 aliphatic carbocycles. The van der Waals surface area contributed by atoms with Crippen LogP contribution in [0.15, 0.2) is 84.9 Å². The van der Waals surface area contributed by atoms with Gasteiger partial charge in [-0.15, -0.1) is 0 Å². The zero-order valence-corrected chi connectivity index (χ0v) is 19.4. The van der Waals surface area contributed by atoms with Gasteiger partial charge in [0, 0.05) is 0 Å². The van der Waals surface area contributed by atoms with Crippen LogP contribution in [-0.4, -0.2) is 59.1 Å². The largest absolute Gasteiger partial charge is 0.388 e. The molecule has 0 radical (unpaired) electrons. The fourth-order valence-electron chi connectivity index (χ4n) is 4.60. The van der Waals surface area contributed by atoms with Gasteiger partial charge in [0.15, 0.2) is 0 Å². The van der Waals surface area contributed by atoms with Crippen LogP contribution in [0.5, 0.6) is 0 Å². The van der Waals surface area contributed by atoms with Crippen LogP contribution in [0.2, 0.25) is 0 Å². The number of nitrogens with zero attached hydrogens (tertiary/aromatic N) is 1. The number of alkyl halides is 1. The first kappa shape index (κ1) is 24.3. The lowest BCUT2D eigenvalue weighted by molar-refractivity contribution is -0.254. The van der Waals surface area contributed by atoms with E-state index in [0.29, 0.717) is 0 Å². The number of fused-ring (bicyclic) bond motifs is 1. The van der Waals surface area contributed by atoms with Gasteiger partial charge in [-0.3, -0.25) is 14.5 Å². The van der Waals surface area contributed by atoms with Crippen molar-refractivity contribution >= 4 is 11.8 Å². The molecule has 5 atom stereocenters. The lowest BCUT2D eigenvalue weighted by Gasteiger charge is -2.44. The minimum atomic E-state index is -2.08. The molecule has 1 saturated heterocycles. The molecule has 2 aliphatic heterocycles. The van der Waals surface area contributed by atoms with E-state index in [2.05, 4.69) is 0 Å². The van der Waals surface area contributed by atoms with E-state index in [1.54, 1.807) is 12.1 Å². The summed E-state index contributed by atoms with van der Waals surface area (Å²) in [5, 5.41) is 11.2. The summed E-state index contributed by atoms with van der Waals surface area (Å²) in [5.41, 5.74) is 2.07. The fourth-order valence-corrected chi connectivity index (χ4v) is 4.60. The van der Waals surface area contributed by atoms with Gasteiger partial charge in [-0.05, 0) is 23.3 Å². The smallest absolute Gasteiger partial charge is 0.262 e. The van der Waals surface area contributed by atoms with Crippen LogP contribution < -0.4 is 0 Å². The Labute approximate surface area is 208 Å². The molecular weight excluding hydrogens is 465 g/mol. The summed E-state index contributed by atoms with van der Waals surface area (Å²) in [6, 6.07) is 23.4. The average molecular weight is 492 g/mol. The van der Waals surface area contributed by atoms with Crippen molar-refractivity contribution in [2.45, 2.75) is 43.9 Å². The highest BCUT2D eigenvalue weighted by Crippen LogP contribution is 2.34. The quantitative estimate of drug-likeness (QED) is 0.486. The van der Waals surface area contributed by atoms with E-state index in [4.69, 9.17) is 14.2 Å².